The highest BCUT2D eigenvalue weighted by Gasteiger charge is 2.38. The zero-order chi connectivity index (χ0) is 13.3. The molecule has 0 saturated heterocycles. The zero-order valence-electron chi connectivity index (χ0n) is 8.78. The second kappa shape index (κ2) is 4.25. The SMILES string of the molecule is O=Cc1cnn(-c2cccc(F)c2)c1C(F)(F)F. The van der Waals surface area contributed by atoms with Gasteiger partial charge in [0.25, 0.3) is 0 Å². The van der Waals surface area contributed by atoms with Gasteiger partial charge < -0.3 is 0 Å². The number of rotatable bonds is 2. The number of nitrogens with zero attached hydrogens (tertiary/aromatic N) is 2. The smallest absolute Gasteiger partial charge is 0.298 e. The van der Waals surface area contributed by atoms with Gasteiger partial charge in [0.15, 0.2) is 12.0 Å². The maximum atomic E-state index is 13.0. The molecule has 0 bridgehead atoms. The topological polar surface area (TPSA) is 34.9 Å². The van der Waals surface area contributed by atoms with Gasteiger partial charge in [0, 0.05) is 0 Å². The average Bonchev–Trinajstić information content (AvgIpc) is 2.72. The number of hydrogen-bond donors (Lipinski definition) is 0. The summed E-state index contributed by atoms with van der Waals surface area (Å²) in [6.07, 6.45) is -3.90. The van der Waals surface area contributed by atoms with E-state index in [1.807, 2.05) is 0 Å². The van der Waals surface area contributed by atoms with Gasteiger partial charge in [-0.2, -0.15) is 18.3 Å². The van der Waals surface area contributed by atoms with E-state index in [2.05, 4.69) is 5.10 Å². The number of halogens is 4. The van der Waals surface area contributed by atoms with Gasteiger partial charge in [-0.1, -0.05) is 6.07 Å². The van der Waals surface area contributed by atoms with Crippen molar-refractivity contribution in [2.45, 2.75) is 6.18 Å². The van der Waals surface area contributed by atoms with E-state index in [-0.39, 0.29) is 12.0 Å². The average molecular weight is 258 g/mol. The second-order valence-corrected chi connectivity index (χ2v) is 3.46. The predicted molar refractivity (Wildman–Crippen MR) is 53.9 cm³/mol. The largest absolute Gasteiger partial charge is 0.434 e. The highest BCUT2D eigenvalue weighted by Crippen LogP contribution is 2.32. The summed E-state index contributed by atoms with van der Waals surface area (Å²) in [7, 11) is 0. The summed E-state index contributed by atoms with van der Waals surface area (Å²) in [5.41, 5.74) is -1.91. The van der Waals surface area contributed by atoms with Crippen LogP contribution >= 0.6 is 0 Å². The van der Waals surface area contributed by atoms with Crippen molar-refractivity contribution in [3.63, 3.8) is 0 Å². The van der Waals surface area contributed by atoms with Crippen LogP contribution in [0.5, 0.6) is 0 Å². The highest BCUT2D eigenvalue weighted by molar-refractivity contribution is 5.76. The molecular formula is C11H6F4N2O. The molecule has 0 aliphatic heterocycles. The Balaban J connectivity index is 2.65. The van der Waals surface area contributed by atoms with E-state index in [0.717, 1.165) is 18.3 Å². The number of alkyl halides is 3. The van der Waals surface area contributed by atoms with Gasteiger partial charge in [-0.05, 0) is 18.2 Å². The van der Waals surface area contributed by atoms with Crippen LogP contribution < -0.4 is 0 Å². The molecule has 0 saturated carbocycles. The molecule has 0 unspecified atom stereocenters. The van der Waals surface area contributed by atoms with Crippen molar-refractivity contribution in [1.82, 2.24) is 9.78 Å². The minimum Gasteiger partial charge on any atom is -0.298 e. The summed E-state index contributed by atoms with van der Waals surface area (Å²) >= 11 is 0. The zero-order valence-corrected chi connectivity index (χ0v) is 8.78. The standard InChI is InChI=1S/C11H6F4N2O/c12-8-2-1-3-9(4-8)17-10(11(13,14)15)7(6-18)5-16-17/h1-6H. The number of aromatic nitrogens is 2. The predicted octanol–water partition coefficient (Wildman–Crippen LogP) is 2.84. The summed E-state index contributed by atoms with van der Waals surface area (Å²) in [5.74, 6) is -0.691. The third kappa shape index (κ3) is 2.11. The summed E-state index contributed by atoms with van der Waals surface area (Å²) in [6.45, 7) is 0. The number of hydrogen-bond acceptors (Lipinski definition) is 2. The van der Waals surface area contributed by atoms with Crippen LogP contribution in [0.25, 0.3) is 5.69 Å². The van der Waals surface area contributed by atoms with Crippen molar-refractivity contribution in [1.29, 1.82) is 0 Å². The molecule has 0 aliphatic rings. The van der Waals surface area contributed by atoms with E-state index in [4.69, 9.17) is 0 Å². The molecule has 0 amide bonds. The molecule has 0 radical (unpaired) electrons. The van der Waals surface area contributed by atoms with E-state index in [1.54, 1.807) is 0 Å². The molecule has 2 rings (SSSR count). The third-order valence-corrected chi connectivity index (χ3v) is 2.25. The molecular weight excluding hydrogens is 252 g/mol. The molecule has 1 aromatic carbocycles. The molecule has 3 nitrogen and oxygen atoms in total. The van der Waals surface area contributed by atoms with Gasteiger partial charge in [0.2, 0.25) is 0 Å². The maximum Gasteiger partial charge on any atom is 0.434 e. The van der Waals surface area contributed by atoms with Crippen molar-refractivity contribution in [3.05, 3.63) is 47.5 Å². The Hall–Kier alpha value is -2.18. The van der Waals surface area contributed by atoms with Crippen LogP contribution in [0.2, 0.25) is 0 Å². The first-order valence-corrected chi connectivity index (χ1v) is 4.80. The van der Waals surface area contributed by atoms with Crippen LogP contribution in [0, 0.1) is 5.82 Å². The Labute approximate surface area is 98.6 Å². The van der Waals surface area contributed by atoms with Gasteiger partial charge in [-0.25, -0.2) is 9.07 Å². The van der Waals surface area contributed by atoms with Crippen LogP contribution in [-0.2, 0) is 6.18 Å². The summed E-state index contributed by atoms with van der Waals surface area (Å²) < 4.78 is 51.9. The Morgan fingerprint density at radius 2 is 2.00 bits per heavy atom. The lowest BCUT2D eigenvalue weighted by molar-refractivity contribution is -0.143. The molecule has 0 spiro atoms. The van der Waals surface area contributed by atoms with Crippen LogP contribution in [0.3, 0.4) is 0 Å². The number of carbonyl (C=O) groups is 1. The minimum absolute atomic E-state index is 0.0611. The quantitative estimate of drug-likeness (QED) is 0.613. The molecule has 2 aromatic rings. The van der Waals surface area contributed by atoms with Crippen molar-refractivity contribution in [3.8, 4) is 5.69 Å². The molecule has 1 heterocycles. The van der Waals surface area contributed by atoms with Gasteiger partial charge in [0.1, 0.15) is 5.82 Å². The number of benzene rings is 1. The van der Waals surface area contributed by atoms with Crippen molar-refractivity contribution < 1.29 is 22.4 Å². The molecule has 1 aromatic heterocycles. The number of carbonyl (C=O) groups excluding carboxylic acids is 1. The Bertz CT molecular complexity index is 589. The molecule has 18 heavy (non-hydrogen) atoms. The number of aldehydes is 1. The molecule has 0 atom stereocenters. The summed E-state index contributed by atoms with van der Waals surface area (Å²) in [6, 6.07) is 4.52. The molecule has 94 valence electrons. The van der Waals surface area contributed by atoms with Gasteiger partial charge in [-0.3, -0.25) is 4.79 Å². The van der Waals surface area contributed by atoms with Crippen LogP contribution in [-0.4, -0.2) is 16.1 Å². The van der Waals surface area contributed by atoms with Crippen molar-refractivity contribution in [2.75, 3.05) is 0 Å². The first kappa shape index (κ1) is 12.3. The van der Waals surface area contributed by atoms with E-state index >= 15 is 0 Å². The first-order chi connectivity index (χ1) is 8.43. The second-order valence-electron chi connectivity index (χ2n) is 3.46. The lowest BCUT2D eigenvalue weighted by Gasteiger charge is -2.11. The highest BCUT2D eigenvalue weighted by atomic mass is 19.4. The molecule has 0 aliphatic carbocycles. The molecule has 0 N–H and O–H groups in total. The Morgan fingerprint density at radius 3 is 2.56 bits per heavy atom. The van der Waals surface area contributed by atoms with E-state index < -0.39 is 23.3 Å². The summed E-state index contributed by atoms with van der Waals surface area (Å²) in [5, 5.41) is 3.46. The van der Waals surface area contributed by atoms with Gasteiger partial charge in [0.05, 0.1) is 17.4 Å². The minimum atomic E-state index is -4.75. The van der Waals surface area contributed by atoms with E-state index in [1.165, 1.54) is 12.1 Å². The van der Waals surface area contributed by atoms with Crippen LogP contribution in [0.1, 0.15) is 16.1 Å². The lowest BCUT2D eigenvalue weighted by atomic mass is 10.2. The fourth-order valence-electron chi connectivity index (χ4n) is 1.53. The van der Waals surface area contributed by atoms with Gasteiger partial charge in [-0.15, -0.1) is 0 Å². The maximum absolute atomic E-state index is 13.0. The van der Waals surface area contributed by atoms with Crippen molar-refractivity contribution in [2.24, 2.45) is 0 Å². The first-order valence-electron chi connectivity index (χ1n) is 4.80. The van der Waals surface area contributed by atoms with Gasteiger partial charge >= 0.3 is 6.18 Å². The summed E-state index contributed by atoms with van der Waals surface area (Å²) in [4.78, 5) is 10.6. The fourth-order valence-corrected chi connectivity index (χ4v) is 1.53. The molecule has 0 fully saturated rings. The van der Waals surface area contributed by atoms with Crippen LogP contribution in [0.15, 0.2) is 30.5 Å². The Kier molecular flexibility index (Phi) is 2.90. The normalized spacial score (nSPS) is 11.6. The van der Waals surface area contributed by atoms with Crippen LogP contribution in [0.4, 0.5) is 17.6 Å². The fraction of sp³-hybridized carbons (Fsp3) is 0.0909. The van der Waals surface area contributed by atoms with E-state index in [0.29, 0.717) is 4.68 Å². The van der Waals surface area contributed by atoms with Crippen molar-refractivity contribution >= 4 is 6.29 Å². The lowest BCUT2D eigenvalue weighted by Crippen LogP contribution is -2.15. The molecule has 7 heteroatoms. The Morgan fingerprint density at radius 1 is 1.28 bits per heavy atom. The third-order valence-electron chi connectivity index (χ3n) is 2.25. The van der Waals surface area contributed by atoms with E-state index in [9.17, 15) is 22.4 Å². The monoisotopic (exact) mass is 258 g/mol.